The van der Waals surface area contributed by atoms with E-state index in [1.165, 1.54) is 10.7 Å². The van der Waals surface area contributed by atoms with Crippen molar-refractivity contribution in [1.82, 2.24) is 25.7 Å². The predicted octanol–water partition coefficient (Wildman–Crippen LogP) is 4.92. The molecule has 2 aromatic carbocycles. The molecule has 4 atom stereocenters. The van der Waals surface area contributed by atoms with Crippen LogP contribution in [0.3, 0.4) is 0 Å². The van der Waals surface area contributed by atoms with Gasteiger partial charge in [0.1, 0.15) is 12.2 Å². The van der Waals surface area contributed by atoms with E-state index in [-0.39, 0.29) is 60.1 Å². The Labute approximate surface area is 271 Å². The molecule has 3 aromatic rings. The summed E-state index contributed by atoms with van der Waals surface area (Å²) in [6.45, 7) is 4.46. The van der Waals surface area contributed by atoms with Crippen LogP contribution in [-0.4, -0.2) is 57.8 Å². The van der Waals surface area contributed by atoms with Crippen molar-refractivity contribution in [3.8, 4) is 0 Å². The van der Waals surface area contributed by atoms with Crippen LogP contribution >= 0.6 is 0 Å². The standard InChI is InChI=1S/C36H47N5O5/c1-25(2)37-35(43)30-21-31(36(44)39-29-18-10-12-20-33(29)46-24-27-15-7-4-8-16-27)41(40-30)22-34(42)38-28-17-9-11-19-32(28)45-23-26-13-5-3-6-14-26/h3-8,13-16,21,25,28-29,32-33H,9-12,17-20,22-24H2,1-2H3,(H,37,43)(H,38,42)(H,39,44)/t28-,29-,32-,33-/m0/s1. The average Bonchev–Trinajstić information content (AvgIpc) is 3.48. The average molecular weight is 630 g/mol. The first-order valence-corrected chi connectivity index (χ1v) is 16.7. The Morgan fingerprint density at radius 1 is 0.761 bits per heavy atom. The molecule has 2 fully saturated rings. The lowest BCUT2D eigenvalue weighted by Gasteiger charge is -2.32. The number of carbonyl (C=O) groups is 3. The second-order valence-electron chi connectivity index (χ2n) is 12.7. The van der Waals surface area contributed by atoms with E-state index in [2.05, 4.69) is 21.0 Å². The molecule has 0 aliphatic heterocycles. The molecule has 0 spiro atoms. The first-order chi connectivity index (χ1) is 22.4. The fourth-order valence-electron chi connectivity index (χ4n) is 6.28. The van der Waals surface area contributed by atoms with Crippen molar-refractivity contribution in [3.63, 3.8) is 0 Å². The monoisotopic (exact) mass is 629 g/mol. The summed E-state index contributed by atoms with van der Waals surface area (Å²) in [4.78, 5) is 40.0. The molecule has 0 radical (unpaired) electrons. The number of nitrogens with zero attached hydrogens (tertiary/aromatic N) is 2. The summed E-state index contributed by atoms with van der Waals surface area (Å²) >= 11 is 0. The topological polar surface area (TPSA) is 124 Å². The Balaban J connectivity index is 1.26. The number of carbonyl (C=O) groups excluding carboxylic acids is 3. The van der Waals surface area contributed by atoms with Crippen LogP contribution in [0.15, 0.2) is 66.7 Å². The van der Waals surface area contributed by atoms with Gasteiger partial charge in [-0.15, -0.1) is 0 Å². The molecule has 0 saturated heterocycles. The molecule has 246 valence electrons. The van der Waals surface area contributed by atoms with E-state index in [0.717, 1.165) is 62.5 Å². The van der Waals surface area contributed by atoms with Crippen LogP contribution in [-0.2, 0) is 34.0 Å². The number of benzene rings is 2. The lowest BCUT2D eigenvalue weighted by atomic mass is 9.92. The minimum Gasteiger partial charge on any atom is -0.371 e. The number of ether oxygens (including phenoxy) is 2. The van der Waals surface area contributed by atoms with Crippen molar-refractivity contribution in [2.75, 3.05) is 0 Å². The van der Waals surface area contributed by atoms with Crippen LogP contribution in [0.25, 0.3) is 0 Å². The van der Waals surface area contributed by atoms with Crippen LogP contribution in [0, 0.1) is 0 Å². The van der Waals surface area contributed by atoms with E-state index >= 15 is 0 Å². The van der Waals surface area contributed by atoms with E-state index in [4.69, 9.17) is 9.47 Å². The van der Waals surface area contributed by atoms with Crippen LogP contribution in [0.2, 0.25) is 0 Å². The maximum atomic E-state index is 13.7. The van der Waals surface area contributed by atoms with Crippen molar-refractivity contribution in [1.29, 1.82) is 0 Å². The lowest BCUT2D eigenvalue weighted by molar-refractivity contribution is -0.124. The van der Waals surface area contributed by atoms with Gasteiger partial charge in [0, 0.05) is 12.1 Å². The van der Waals surface area contributed by atoms with Crippen LogP contribution < -0.4 is 16.0 Å². The zero-order chi connectivity index (χ0) is 32.3. The molecule has 10 heteroatoms. The van der Waals surface area contributed by atoms with Crippen LogP contribution in [0.1, 0.15) is 97.3 Å². The second-order valence-corrected chi connectivity index (χ2v) is 12.7. The van der Waals surface area contributed by atoms with Crippen molar-refractivity contribution in [3.05, 3.63) is 89.2 Å². The smallest absolute Gasteiger partial charge is 0.272 e. The highest BCUT2D eigenvalue weighted by molar-refractivity contribution is 5.98. The van der Waals surface area contributed by atoms with E-state index in [1.807, 2.05) is 74.5 Å². The largest absolute Gasteiger partial charge is 0.371 e. The second kappa shape index (κ2) is 16.5. The van der Waals surface area contributed by atoms with E-state index in [0.29, 0.717) is 13.2 Å². The number of rotatable bonds is 13. The highest BCUT2D eigenvalue weighted by Crippen LogP contribution is 2.24. The summed E-state index contributed by atoms with van der Waals surface area (Å²) in [6.07, 6.45) is 7.11. The summed E-state index contributed by atoms with van der Waals surface area (Å²) in [5, 5.41) is 13.5. The Bertz CT molecular complexity index is 1430. The molecule has 10 nitrogen and oxygen atoms in total. The van der Waals surface area contributed by atoms with Gasteiger partial charge >= 0.3 is 0 Å². The Hall–Kier alpha value is -4.02. The van der Waals surface area contributed by atoms with Gasteiger partial charge in [-0.25, -0.2) is 4.68 Å². The third-order valence-electron chi connectivity index (χ3n) is 8.64. The van der Waals surface area contributed by atoms with Gasteiger partial charge < -0.3 is 25.4 Å². The number of aromatic nitrogens is 2. The van der Waals surface area contributed by atoms with Gasteiger partial charge in [0.2, 0.25) is 5.91 Å². The van der Waals surface area contributed by atoms with Gasteiger partial charge in [0.05, 0.1) is 37.5 Å². The zero-order valence-electron chi connectivity index (χ0n) is 27.0. The van der Waals surface area contributed by atoms with Crippen LogP contribution in [0.4, 0.5) is 0 Å². The Morgan fingerprint density at radius 2 is 1.28 bits per heavy atom. The fourth-order valence-corrected chi connectivity index (χ4v) is 6.28. The summed E-state index contributed by atoms with van der Waals surface area (Å²) in [6, 6.07) is 21.0. The SMILES string of the molecule is CC(C)NC(=O)c1cc(C(=O)N[C@H]2CCCC[C@@H]2OCc2ccccc2)n(CC(=O)N[C@H]2CCCC[C@@H]2OCc2ccccc2)n1. The van der Waals surface area contributed by atoms with Crippen molar-refractivity contribution in [2.24, 2.45) is 0 Å². The molecule has 46 heavy (non-hydrogen) atoms. The molecule has 0 bridgehead atoms. The molecule has 1 heterocycles. The quantitative estimate of drug-likeness (QED) is 0.247. The molecular formula is C36H47N5O5. The number of hydrogen-bond acceptors (Lipinski definition) is 6. The van der Waals surface area contributed by atoms with Gasteiger partial charge in [-0.1, -0.05) is 86.3 Å². The molecule has 5 rings (SSSR count). The van der Waals surface area contributed by atoms with Gasteiger partial charge in [-0.3, -0.25) is 14.4 Å². The molecule has 2 aliphatic rings. The van der Waals surface area contributed by atoms with Gasteiger partial charge in [-0.05, 0) is 50.7 Å². The summed E-state index contributed by atoms with van der Waals surface area (Å²) < 4.78 is 13.8. The fraction of sp³-hybridized carbons (Fsp3) is 0.500. The van der Waals surface area contributed by atoms with Crippen molar-refractivity contribution in [2.45, 2.75) is 115 Å². The molecule has 2 saturated carbocycles. The number of nitrogens with one attached hydrogen (secondary N) is 3. The molecular weight excluding hydrogens is 582 g/mol. The van der Waals surface area contributed by atoms with E-state index < -0.39 is 5.91 Å². The predicted molar refractivity (Wildman–Crippen MR) is 175 cm³/mol. The normalized spacial score (nSPS) is 21.5. The molecule has 0 unspecified atom stereocenters. The van der Waals surface area contributed by atoms with Gasteiger partial charge in [0.15, 0.2) is 5.69 Å². The summed E-state index contributed by atoms with van der Waals surface area (Å²) in [7, 11) is 0. The maximum Gasteiger partial charge on any atom is 0.272 e. The number of amides is 3. The Kier molecular flexibility index (Phi) is 12.0. The van der Waals surface area contributed by atoms with Gasteiger partial charge in [-0.2, -0.15) is 5.10 Å². The highest BCUT2D eigenvalue weighted by atomic mass is 16.5. The molecule has 1 aromatic heterocycles. The van der Waals surface area contributed by atoms with E-state index in [9.17, 15) is 14.4 Å². The zero-order valence-corrected chi connectivity index (χ0v) is 27.0. The maximum absolute atomic E-state index is 13.7. The van der Waals surface area contributed by atoms with E-state index in [1.54, 1.807) is 0 Å². The van der Waals surface area contributed by atoms with Crippen molar-refractivity contribution >= 4 is 17.7 Å². The summed E-state index contributed by atoms with van der Waals surface area (Å²) in [5.74, 6) is -1.06. The van der Waals surface area contributed by atoms with Crippen molar-refractivity contribution < 1.29 is 23.9 Å². The molecule has 3 amide bonds. The summed E-state index contributed by atoms with van der Waals surface area (Å²) in [5.41, 5.74) is 2.42. The first kappa shape index (κ1) is 33.3. The van der Waals surface area contributed by atoms with Crippen LogP contribution in [0.5, 0.6) is 0 Å². The molecule has 2 aliphatic carbocycles. The minimum absolute atomic E-state index is 0.0916. The highest BCUT2D eigenvalue weighted by Gasteiger charge is 2.31. The Morgan fingerprint density at radius 3 is 1.83 bits per heavy atom. The third-order valence-corrected chi connectivity index (χ3v) is 8.64. The lowest BCUT2D eigenvalue weighted by Crippen LogP contribution is -2.48. The van der Waals surface area contributed by atoms with Gasteiger partial charge in [0.25, 0.3) is 11.8 Å². The first-order valence-electron chi connectivity index (χ1n) is 16.7. The minimum atomic E-state index is -0.397. The third kappa shape index (κ3) is 9.50. The number of hydrogen-bond donors (Lipinski definition) is 3. The molecule has 3 N–H and O–H groups in total.